The molecule has 0 saturated heterocycles. The van der Waals surface area contributed by atoms with Gasteiger partial charge in [-0.1, -0.05) is 176 Å². The van der Waals surface area contributed by atoms with E-state index in [1.165, 1.54) is 148 Å². The molecule has 0 amide bonds. The summed E-state index contributed by atoms with van der Waals surface area (Å²) in [6.45, 7) is 17.0. The zero-order valence-electron chi connectivity index (χ0n) is 39.6. The maximum atomic E-state index is 13.4. The summed E-state index contributed by atoms with van der Waals surface area (Å²) in [6.07, 6.45) is 37.8. The second-order valence-electron chi connectivity index (χ2n) is 18.5. The minimum atomic E-state index is -0.0617. The van der Waals surface area contributed by atoms with Gasteiger partial charge in [0.05, 0.1) is 19.8 Å². The van der Waals surface area contributed by atoms with Gasteiger partial charge >= 0.3 is 11.9 Å². The molecule has 2 atom stereocenters. The first-order chi connectivity index (χ1) is 28.4. The van der Waals surface area contributed by atoms with Gasteiger partial charge in [-0.15, -0.1) is 0 Å². The second kappa shape index (κ2) is 39.9. The van der Waals surface area contributed by atoms with Gasteiger partial charge in [0.15, 0.2) is 0 Å². The summed E-state index contributed by atoms with van der Waals surface area (Å²) in [4.78, 5) is 31.8. The third kappa shape index (κ3) is 30.8. The molecule has 7 heteroatoms. The molecule has 0 heterocycles. The van der Waals surface area contributed by atoms with Crippen molar-refractivity contribution in [2.45, 2.75) is 246 Å². The fraction of sp³-hybridized carbons (Fsp3) is 0.961. The first kappa shape index (κ1) is 54.8. The lowest BCUT2D eigenvalue weighted by Gasteiger charge is -2.38. The standard InChI is InChI=1S/C51H100N2O5/c1-6-11-15-19-21-25-32-46(30-23-17-13-8-3)42-50(55)57-44-48(34-27-28-37-53(49-35-29-36-49)39-38-52(10-5)40-41-54)45-58-51(56)43-47(31-24-18-14-9-4)33-26-22-20-16-12-7-2/h46-49,54H,6-45H2,1-5H3. The number of aliphatic hydroxyl groups is 1. The Bertz CT molecular complexity index is 863. The average molecular weight is 821 g/mol. The quantitative estimate of drug-likeness (QED) is 0.0484. The van der Waals surface area contributed by atoms with Gasteiger partial charge in [0.2, 0.25) is 0 Å². The van der Waals surface area contributed by atoms with Gasteiger partial charge in [0, 0.05) is 44.4 Å². The minimum Gasteiger partial charge on any atom is -0.465 e. The fourth-order valence-electron chi connectivity index (χ4n) is 8.88. The minimum absolute atomic E-state index is 0.0355. The molecule has 0 aromatic carbocycles. The van der Waals surface area contributed by atoms with E-state index < -0.39 is 0 Å². The molecule has 0 aromatic rings. The highest BCUT2D eigenvalue weighted by Crippen LogP contribution is 2.27. The number of carbonyl (C=O) groups is 2. The van der Waals surface area contributed by atoms with E-state index in [2.05, 4.69) is 44.4 Å². The van der Waals surface area contributed by atoms with Gasteiger partial charge in [-0.2, -0.15) is 0 Å². The normalized spacial score (nSPS) is 14.8. The number of aliphatic hydroxyl groups excluding tert-OH is 1. The lowest BCUT2D eigenvalue weighted by molar-refractivity contribution is -0.150. The van der Waals surface area contributed by atoms with Crippen molar-refractivity contribution in [3.63, 3.8) is 0 Å². The van der Waals surface area contributed by atoms with Crippen molar-refractivity contribution in [3.05, 3.63) is 0 Å². The van der Waals surface area contributed by atoms with E-state index in [-0.39, 0.29) is 24.5 Å². The number of nitrogens with zero attached hydrogens (tertiary/aromatic N) is 2. The highest BCUT2D eigenvalue weighted by Gasteiger charge is 2.25. The molecule has 0 aliphatic heterocycles. The molecule has 1 fully saturated rings. The summed E-state index contributed by atoms with van der Waals surface area (Å²) >= 11 is 0. The molecule has 1 aliphatic carbocycles. The molecule has 58 heavy (non-hydrogen) atoms. The van der Waals surface area contributed by atoms with Gasteiger partial charge in [0.25, 0.3) is 0 Å². The Morgan fingerprint density at radius 3 is 1.29 bits per heavy atom. The highest BCUT2D eigenvalue weighted by molar-refractivity contribution is 5.70. The largest absolute Gasteiger partial charge is 0.465 e. The van der Waals surface area contributed by atoms with Crippen LogP contribution in [-0.4, -0.2) is 85.4 Å². The molecule has 2 unspecified atom stereocenters. The Hall–Kier alpha value is -1.18. The van der Waals surface area contributed by atoms with Gasteiger partial charge in [0.1, 0.15) is 0 Å². The third-order valence-electron chi connectivity index (χ3n) is 13.2. The van der Waals surface area contributed by atoms with E-state index in [1.807, 2.05) is 0 Å². The Balaban J connectivity index is 2.85. The molecule has 344 valence electrons. The van der Waals surface area contributed by atoms with Crippen LogP contribution in [0.4, 0.5) is 0 Å². The number of unbranched alkanes of at least 4 members (excludes halogenated alkanes) is 17. The molecule has 1 rings (SSSR count). The Morgan fingerprint density at radius 2 is 0.897 bits per heavy atom. The zero-order chi connectivity index (χ0) is 42.3. The molecule has 1 aliphatic rings. The van der Waals surface area contributed by atoms with E-state index in [0.717, 1.165) is 77.7 Å². The first-order valence-electron chi connectivity index (χ1n) is 25.8. The molecule has 0 aromatic heterocycles. The van der Waals surface area contributed by atoms with Crippen LogP contribution in [0.5, 0.6) is 0 Å². The Kier molecular flexibility index (Phi) is 37.7. The summed E-state index contributed by atoms with van der Waals surface area (Å²) in [5, 5.41) is 9.49. The second-order valence-corrected chi connectivity index (χ2v) is 18.5. The van der Waals surface area contributed by atoms with E-state index in [9.17, 15) is 14.7 Å². The Labute approximate surface area is 361 Å². The van der Waals surface area contributed by atoms with Gasteiger partial charge < -0.3 is 19.5 Å². The van der Waals surface area contributed by atoms with Crippen molar-refractivity contribution >= 4 is 11.9 Å². The molecular weight excluding hydrogens is 721 g/mol. The molecule has 0 bridgehead atoms. The number of rotatable bonds is 44. The van der Waals surface area contributed by atoms with Crippen LogP contribution >= 0.6 is 0 Å². The smallest absolute Gasteiger partial charge is 0.306 e. The van der Waals surface area contributed by atoms with Crippen molar-refractivity contribution in [3.8, 4) is 0 Å². The molecule has 0 radical (unpaired) electrons. The van der Waals surface area contributed by atoms with Crippen molar-refractivity contribution in [1.82, 2.24) is 9.80 Å². The molecular formula is C51H100N2O5. The van der Waals surface area contributed by atoms with E-state index >= 15 is 0 Å². The number of hydrogen-bond donors (Lipinski definition) is 1. The van der Waals surface area contributed by atoms with Crippen LogP contribution in [0.1, 0.15) is 240 Å². The van der Waals surface area contributed by atoms with E-state index in [1.54, 1.807) is 0 Å². The molecule has 7 nitrogen and oxygen atoms in total. The summed E-state index contributed by atoms with van der Waals surface area (Å²) in [7, 11) is 0. The molecule has 1 N–H and O–H groups in total. The lowest BCUT2D eigenvalue weighted by atomic mass is 9.91. The van der Waals surface area contributed by atoms with Crippen LogP contribution in [0.2, 0.25) is 0 Å². The molecule has 1 saturated carbocycles. The first-order valence-corrected chi connectivity index (χ1v) is 25.8. The van der Waals surface area contributed by atoms with Crippen molar-refractivity contribution in [1.29, 1.82) is 0 Å². The summed E-state index contributed by atoms with van der Waals surface area (Å²) in [5.74, 6) is 0.729. The predicted octanol–water partition coefficient (Wildman–Crippen LogP) is 13.5. The summed E-state index contributed by atoms with van der Waals surface area (Å²) in [5.41, 5.74) is 0. The fourth-order valence-corrected chi connectivity index (χ4v) is 8.88. The van der Waals surface area contributed by atoms with Crippen LogP contribution in [0.15, 0.2) is 0 Å². The van der Waals surface area contributed by atoms with Crippen molar-refractivity contribution in [2.24, 2.45) is 17.8 Å². The maximum absolute atomic E-state index is 13.4. The summed E-state index contributed by atoms with van der Waals surface area (Å²) < 4.78 is 12.2. The zero-order valence-corrected chi connectivity index (χ0v) is 39.6. The monoisotopic (exact) mass is 821 g/mol. The van der Waals surface area contributed by atoms with Crippen LogP contribution in [0, 0.1) is 17.8 Å². The number of ether oxygens (including phenoxy) is 2. The van der Waals surface area contributed by atoms with Crippen LogP contribution in [0.25, 0.3) is 0 Å². The number of esters is 2. The average Bonchev–Trinajstić information content (AvgIpc) is 3.20. The number of hydrogen-bond acceptors (Lipinski definition) is 7. The van der Waals surface area contributed by atoms with E-state index in [4.69, 9.17) is 9.47 Å². The predicted molar refractivity (Wildman–Crippen MR) is 247 cm³/mol. The van der Waals surface area contributed by atoms with Crippen LogP contribution in [0.3, 0.4) is 0 Å². The third-order valence-corrected chi connectivity index (χ3v) is 13.2. The van der Waals surface area contributed by atoms with Gasteiger partial charge in [-0.05, 0) is 76.3 Å². The maximum Gasteiger partial charge on any atom is 0.306 e. The van der Waals surface area contributed by atoms with Crippen LogP contribution in [-0.2, 0) is 19.1 Å². The van der Waals surface area contributed by atoms with Crippen LogP contribution < -0.4 is 0 Å². The van der Waals surface area contributed by atoms with Gasteiger partial charge in [-0.25, -0.2) is 0 Å². The lowest BCUT2D eigenvalue weighted by Crippen LogP contribution is -2.45. The van der Waals surface area contributed by atoms with Crippen molar-refractivity contribution < 1.29 is 24.2 Å². The van der Waals surface area contributed by atoms with Gasteiger partial charge in [-0.3, -0.25) is 14.5 Å². The number of carbonyl (C=O) groups excluding carboxylic acids is 2. The summed E-state index contributed by atoms with van der Waals surface area (Å²) in [6, 6.07) is 0.683. The Morgan fingerprint density at radius 1 is 0.500 bits per heavy atom. The van der Waals surface area contributed by atoms with Crippen molar-refractivity contribution in [2.75, 3.05) is 52.5 Å². The molecule has 0 spiro atoms. The highest BCUT2D eigenvalue weighted by atomic mass is 16.5. The van der Waals surface area contributed by atoms with E-state index in [0.29, 0.717) is 43.9 Å². The number of likely N-dealkylation sites (N-methyl/N-ethyl adjacent to an activating group) is 1. The SMILES string of the molecule is CCCCCCCCC(CCCCCC)CC(=O)OCC(CCCCN(CCN(CC)CCO)C1CCC1)COC(=O)CC(CCCCCC)CCCCCCCC. The topological polar surface area (TPSA) is 79.3 Å².